The van der Waals surface area contributed by atoms with Crippen molar-refractivity contribution in [2.45, 2.75) is 17.7 Å². The minimum absolute atomic E-state index is 0.162. The van der Waals surface area contributed by atoms with Crippen molar-refractivity contribution < 1.29 is 13.5 Å². The third-order valence-corrected chi connectivity index (χ3v) is 5.05. The first-order valence-electron chi connectivity index (χ1n) is 5.16. The first-order chi connectivity index (χ1) is 8.51. The van der Waals surface area contributed by atoms with Crippen LogP contribution in [0.25, 0.3) is 0 Å². The molecule has 2 rings (SSSR count). The molecule has 7 heteroatoms. The Morgan fingerprint density at radius 3 is 2.83 bits per heavy atom. The van der Waals surface area contributed by atoms with Crippen molar-refractivity contribution in [3.8, 4) is 0 Å². The second-order valence-corrected chi connectivity index (χ2v) is 6.52. The van der Waals surface area contributed by atoms with Crippen LogP contribution in [0.1, 0.15) is 11.3 Å². The van der Waals surface area contributed by atoms with Gasteiger partial charge < -0.3 is 5.11 Å². The molecule has 2 N–H and O–H groups in total. The van der Waals surface area contributed by atoms with E-state index in [4.69, 9.17) is 5.11 Å². The first kappa shape index (κ1) is 13.0. The molecule has 0 aromatic carbocycles. The molecular weight excluding hydrogens is 272 g/mol. The molecule has 0 aliphatic heterocycles. The van der Waals surface area contributed by atoms with Crippen molar-refractivity contribution in [2.24, 2.45) is 0 Å². The Morgan fingerprint density at radius 1 is 1.44 bits per heavy atom. The van der Waals surface area contributed by atoms with Gasteiger partial charge in [0, 0.05) is 5.69 Å². The molecule has 0 saturated heterocycles. The van der Waals surface area contributed by atoms with E-state index in [2.05, 4.69) is 9.71 Å². The van der Waals surface area contributed by atoms with Crippen molar-refractivity contribution in [1.29, 1.82) is 0 Å². The molecule has 2 aromatic heterocycles. The molecule has 0 aliphatic carbocycles. The summed E-state index contributed by atoms with van der Waals surface area (Å²) in [5.74, 6) is 0.286. The van der Waals surface area contributed by atoms with Crippen molar-refractivity contribution in [2.75, 3.05) is 4.72 Å². The quantitative estimate of drug-likeness (QED) is 0.896. The van der Waals surface area contributed by atoms with E-state index in [9.17, 15) is 8.42 Å². The van der Waals surface area contributed by atoms with Crippen LogP contribution in [0.3, 0.4) is 0 Å². The lowest BCUT2D eigenvalue weighted by molar-refractivity contribution is 0.282. The van der Waals surface area contributed by atoms with Crippen LogP contribution in [0.2, 0.25) is 0 Å². The van der Waals surface area contributed by atoms with E-state index in [-0.39, 0.29) is 16.6 Å². The molecule has 0 spiro atoms. The second kappa shape index (κ2) is 5.05. The topological polar surface area (TPSA) is 79.3 Å². The highest BCUT2D eigenvalue weighted by molar-refractivity contribution is 7.94. The number of aliphatic hydroxyl groups is 1. The number of thiophene rings is 1. The number of hydrogen-bond donors (Lipinski definition) is 2. The van der Waals surface area contributed by atoms with Gasteiger partial charge >= 0.3 is 0 Å². The fourth-order valence-corrected chi connectivity index (χ4v) is 3.57. The Kier molecular flexibility index (Phi) is 3.65. The van der Waals surface area contributed by atoms with Gasteiger partial charge in [-0.1, -0.05) is 6.07 Å². The lowest BCUT2D eigenvalue weighted by Gasteiger charge is -2.05. The first-order valence-corrected chi connectivity index (χ1v) is 7.52. The molecule has 0 bridgehead atoms. The standard InChI is InChI=1S/C11H12N2O3S2/c1-8-3-2-4-10(12-8)13-18(15,16)11-5-9(6-14)7-17-11/h2-5,7,14H,6H2,1H3,(H,12,13). The average Bonchev–Trinajstić information content (AvgIpc) is 2.77. The molecule has 0 amide bonds. The Morgan fingerprint density at radius 2 is 2.22 bits per heavy atom. The maximum absolute atomic E-state index is 12.0. The van der Waals surface area contributed by atoms with E-state index in [1.807, 2.05) is 0 Å². The van der Waals surface area contributed by atoms with Crippen LogP contribution in [0.15, 0.2) is 33.9 Å². The van der Waals surface area contributed by atoms with Crippen molar-refractivity contribution in [3.63, 3.8) is 0 Å². The summed E-state index contributed by atoms with van der Waals surface area (Å²) in [5, 5.41) is 10.5. The van der Waals surface area contributed by atoms with Crippen LogP contribution < -0.4 is 4.72 Å². The van der Waals surface area contributed by atoms with Crippen LogP contribution in [-0.4, -0.2) is 18.5 Å². The maximum Gasteiger partial charge on any atom is 0.272 e. The summed E-state index contributed by atoms with van der Waals surface area (Å²) in [5.41, 5.74) is 1.31. The van der Waals surface area contributed by atoms with Crippen molar-refractivity contribution >= 4 is 27.2 Å². The van der Waals surface area contributed by atoms with Gasteiger partial charge in [0.25, 0.3) is 10.0 Å². The monoisotopic (exact) mass is 284 g/mol. The highest BCUT2D eigenvalue weighted by Gasteiger charge is 2.17. The van der Waals surface area contributed by atoms with Gasteiger partial charge in [-0.25, -0.2) is 13.4 Å². The molecule has 96 valence electrons. The van der Waals surface area contributed by atoms with Crippen LogP contribution in [0.5, 0.6) is 0 Å². The zero-order valence-corrected chi connectivity index (χ0v) is 11.3. The molecule has 18 heavy (non-hydrogen) atoms. The van der Waals surface area contributed by atoms with Gasteiger partial charge in [-0.15, -0.1) is 11.3 Å². The Balaban J connectivity index is 2.27. The highest BCUT2D eigenvalue weighted by atomic mass is 32.2. The molecule has 5 nitrogen and oxygen atoms in total. The number of aromatic nitrogens is 1. The van der Waals surface area contributed by atoms with E-state index in [0.29, 0.717) is 5.56 Å². The normalized spacial score (nSPS) is 11.4. The van der Waals surface area contributed by atoms with Gasteiger partial charge in [0.05, 0.1) is 6.61 Å². The summed E-state index contributed by atoms with van der Waals surface area (Å²) >= 11 is 1.07. The molecule has 0 unspecified atom stereocenters. The summed E-state index contributed by atoms with van der Waals surface area (Å²) in [6.45, 7) is 1.61. The Labute approximate surface area is 109 Å². The summed E-state index contributed by atoms with van der Waals surface area (Å²) in [7, 11) is -3.62. The van der Waals surface area contributed by atoms with Crippen molar-refractivity contribution in [3.05, 3.63) is 40.9 Å². The summed E-state index contributed by atoms with van der Waals surface area (Å²) in [6, 6.07) is 6.55. The van der Waals surface area contributed by atoms with Crippen LogP contribution in [0.4, 0.5) is 5.82 Å². The molecule has 0 radical (unpaired) electrons. The summed E-state index contributed by atoms with van der Waals surface area (Å²) < 4.78 is 26.6. The molecular formula is C11H12N2O3S2. The van der Waals surface area contributed by atoms with E-state index in [1.165, 1.54) is 6.07 Å². The molecule has 0 fully saturated rings. The number of sulfonamides is 1. The number of rotatable bonds is 4. The fraction of sp³-hybridized carbons (Fsp3) is 0.182. The largest absolute Gasteiger partial charge is 0.392 e. The molecule has 2 heterocycles. The Hall–Kier alpha value is -1.44. The Bertz CT molecular complexity index is 650. The van der Waals surface area contributed by atoms with E-state index >= 15 is 0 Å². The molecule has 2 aromatic rings. The number of nitrogens with zero attached hydrogens (tertiary/aromatic N) is 1. The van der Waals surface area contributed by atoms with Crippen LogP contribution in [0, 0.1) is 6.92 Å². The minimum Gasteiger partial charge on any atom is -0.392 e. The van der Waals surface area contributed by atoms with E-state index < -0.39 is 10.0 Å². The van der Waals surface area contributed by atoms with Gasteiger partial charge in [0.2, 0.25) is 0 Å². The van der Waals surface area contributed by atoms with Gasteiger partial charge in [0.1, 0.15) is 10.0 Å². The van der Waals surface area contributed by atoms with Gasteiger partial charge in [-0.3, -0.25) is 4.72 Å². The maximum atomic E-state index is 12.0. The smallest absolute Gasteiger partial charge is 0.272 e. The third kappa shape index (κ3) is 2.87. The predicted octanol–water partition coefficient (Wildman–Crippen LogP) is 1.74. The van der Waals surface area contributed by atoms with Crippen LogP contribution >= 0.6 is 11.3 Å². The molecule has 0 atom stereocenters. The summed E-state index contributed by atoms with van der Waals surface area (Å²) in [4.78, 5) is 4.08. The lowest BCUT2D eigenvalue weighted by atomic mass is 10.4. The zero-order chi connectivity index (χ0) is 13.2. The molecule has 0 saturated carbocycles. The number of aliphatic hydroxyl groups excluding tert-OH is 1. The lowest BCUT2D eigenvalue weighted by Crippen LogP contribution is -2.12. The minimum atomic E-state index is -3.62. The SMILES string of the molecule is Cc1cccc(NS(=O)(=O)c2cc(CO)cs2)n1. The average molecular weight is 284 g/mol. The number of anilines is 1. The number of nitrogens with one attached hydrogen (secondary N) is 1. The summed E-state index contributed by atoms with van der Waals surface area (Å²) in [6.07, 6.45) is 0. The van der Waals surface area contributed by atoms with E-state index in [1.54, 1.807) is 30.5 Å². The third-order valence-electron chi connectivity index (χ3n) is 2.20. The second-order valence-electron chi connectivity index (χ2n) is 3.70. The predicted molar refractivity (Wildman–Crippen MR) is 70.0 cm³/mol. The van der Waals surface area contributed by atoms with E-state index in [0.717, 1.165) is 17.0 Å². The van der Waals surface area contributed by atoms with Crippen LogP contribution in [-0.2, 0) is 16.6 Å². The van der Waals surface area contributed by atoms with Crippen molar-refractivity contribution in [1.82, 2.24) is 4.98 Å². The van der Waals surface area contributed by atoms with Gasteiger partial charge in [0.15, 0.2) is 0 Å². The van der Waals surface area contributed by atoms with Gasteiger partial charge in [-0.05, 0) is 36.1 Å². The fourth-order valence-electron chi connectivity index (χ4n) is 1.36. The highest BCUT2D eigenvalue weighted by Crippen LogP contribution is 2.22. The number of hydrogen-bond acceptors (Lipinski definition) is 5. The van der Waals surface area contributed by atoms with Gasteiger partial charge in [-0.2, -0.15) is 0 Å². The molecule has 0 aliphatic rings. The zero-order valence-electron chi connectivity index (χ0n) is 9.62. The number of aryl methyl sites for hydroxylation is 1. The number of pyridine rings is 1.